The van der Waals surface area contributed by atoms with Crippen LogP contribution in [0.2, 0.25) is 0 Å². The van der Waals surface area contributed by atoms with Gasteiger partial charge in [-0.25, -0.2) is 5.09 Å². The summed E-state index contributed by atoms with van der Waals surface area (Å²) >= 11 is 0. The molecule has 0 aliphatic rings. The fourth-order valence-corrected chi connectivity index (χ4v) is 2.63. The minimum Gasteiger partial charge on any atom is -0.468 e. The molecule has 6 heteroatoms. The Morgan fingerprint density at radius 3 is 2.44 bits per heavy atom. The second-order valence-electron chi connectivity index (χ2n) is 4.01. The van der Waals surface area contributed by atoms with E-state index >= 15 is 0 Å². The number of carbonyl (C=O) groups is 1. The lowest BCUT2D eigenvalue weighted by molar-refractivity contribution is -0.139. The highest BCUT2D eigenvalue weighted by Crippen LogP contribution is 2.47. The first kappa shape index (κ1) is 14.7. The van der Waals surface area contributed by atoms with Crippen molar-refractivity contribution in [2.75, 3.05) is 13.7 Å². The molecular formula is C12H18NO4P. The van der Waals surface area contributed by atoms with Crippen LogP contribution in [-0.4, -0.2) is 25.3 Å². The minimum absolute atomic E-state index is 0.140. The zero-order chi connectivity index (χ0) is 13.6. The van der Waals surface area contributed by atoms with Crippen LogP contribution in [0.15, 0.2) is 30.3 Å². The van der Waals surface area contributed by atoms with Gasteiger partial charge in [0.2, 0.25) is 0 Å². The average molecular weight is 271 g/mol. The topological polar surface area (TPSA) is 64.6 Å². The van der Waals surface area contributed by atoms with Crippen molar-refractivity contribution in [1.29, 1.82) is 0 Å². The number of ether oxygens (including phenoxy) is 1. The predicted molar refractivity (Wildman–Crippen MR) is 69.8 cm³/mol. The van der Waals surface area contributed by atoms with Gasteiger partial charge in [0, 0.05) is 0 Å². The molecule has 18 heavy (non-hydrogen) atoms. The van der Waals surface area contributed by atoms with E-state index in [0.717, 1.165) is 0 Å². The third-order valence-corrected chi connectivity index (χ3v) is 4.78. The van der Waals surface area contributed by atoms with Crippen LogP contribution in [0.1, 0.15) is 13.8 Å². The van der Waals surface area contributed by atoms with Crippen LogP contribution in [0.5, 0.6) is 5.75 Å². The Labute approximate surface area is 107 Å². The minimum atomic E-state index is -3.13. The van der Waals surface area contributed by atoms with E-state index in [1.165, 1.54) is 7.11 Å². The van der Waals surface area contributed by atoms with E-state index in [9.17, 15) is 9.36 Å². The van der Waals surface area contributed by atoms with Crippen LogP contribution in [0.25, 0.3) is 0 Å². The number of benzene rings is 1. The summed E-state index contributed by atoms with van der Waals surface area (Å²) in [5.41, 5.74) is -0.248. The number of nitrogens with one attached hydrogen (secondary N) is 1. The largest absolute Gasteiger partial charge is 0.468 e. The van der Waals surface area contributed by atoms with Gasteiger partial charge in [0.15, 0.2) is 0 Å². The molecule has 1 N–H and O–H groups in total. The Kier molecular flexibility index (Phi) is 5.38. The van der Waals surface area contributed by atoms with Gasteiger partial charge in [-0.15, -0.1) is 0 Å². The molecule has 0 saturated heterocycles. The van der Waals surface area contributed by atoms with Gasteiger partial charge in [-0.3, -0.25) is 9.36 Å². The standard InChI is InChI=1S/C12H18NO4P/c1-10(2)18(15,13-9-12(14)16-3)17-11-7-5-4-6-8-11/h4-8,10H,9H2,1-3H3,(H,13,15). The molecule has 5 nitrogen and oxygen atoms in total. The summed E-state index contributed by atoms with van der Waals surface area (Å²) in [5.74, 6) is 0.0273. The van der Waals surface area contributed by atoms with Crippen molar-refractivity contribution in [3.05, 3.63) is 30.3 Å². The van der Waals surface area contributed by atoms with Gasteiger partial charge in [-0.1, -0.05) is 32.0 Å². The Hall–Kier alpha value is -1.32. The van der Waals surface area contributed by atoms with Gasteiger partial charge in [0.05, 0.1) is 12.8 Å². The van der Waals surface area contributed by atoms with Crippen LogP contribution in [-0.2, 0) is 14.1 Å². The van der Waals surface area contributed by atoms with Crippen molar-refractivity contribution in [1.82, 2.24) is 5.09 Å². The molecule has 1 unspecified atom stereocenters. The third kappa shape index (κ3) is 4.17. The lowest BCUT2D eigenvalue weighted by Crippen LogP contribution is -2.27. The number of rotatable bonds is 6. The third-order valence-electron chi connectivity index (χ3n) is 2.34. The molecular weight excluding hydrogens is 253 g/mol. The fourth-order valence-electron chi connectivity index (χ4n) is 1.21. The summed E-state index contributed by atoms with van der Waals surface area (Å²) in [6.45, 7) is 3.40. The summed E-state index contributed by atoms with van der Waals surface area (Å²) in [6.07, 6.45) is 0. The Morgan fingerprint density at radius 2 is 1.94 bits per heavy atom. The van der Waals surface area contributed by atoms with Crippen molar-refractivity contribution >= 4 is 13.5 Å². The van der Waals surface area contributed by atoms with E-state index in [0.29, 0.717) is 5.75 Å². The Balaban J connectivity index is 2.75. The highest BCUT2D eigenvalue weighted by Gasteiger charge is 2.29. The first-order valence-electron chi connectivity index (χ1n) is 5.64. The van der Waals surface area contributed by atoms with Crippen molar-refractivity contribution in [3.8, 4) is 5.75 Å². The number of hydrogen-bond acceptors (Lipinski definition) is 4. The normalized spacial score (nSPS) is 14.0. The van der Waals surface area contributed by atoms with Gasteiger partial charge in [0.25, 0.3) is 0 Å². The van der Waals surface area contributed by atoms with Crippen LogP contribution in [0.3, 0.4) is 0 Å². The summed E-state index contributed by atoms with van der Waals surface area (Å²) in [6, 6.07) is 8.86. The molecule has 0 radical (unpaired) electrons. The number of carbonyl (C=O) groups excluding carboxylic acids is 1. The summed E-state index contributed by atoms with van der Waals surface area (Å²) in [5, 5.41) is 2.65. The van der Waals surface area contributed by atoms with Crippen LogP contribution >= 0.6 is 7.52 Å². The monoisotopic (exact) mass is 271 g/mol. The second kappa shape index (κ2) is 6.57. The van der Waals surface area contributed by atoms with E-state index in [-0.39, 0.29) is 12.2 Å². The molecule has 0 aromatic heterocycles. The lowest BCUT2D eigenvalue weighted by Gasteiger charge is -2.23. The van der Waals surface area contributed by atoms with Gasteiger partial charge in [-0.2, -0.15) is 0 Å². The maximum atomic E-state index is 12.6. The van der Waals surface area contributed by atoms with Gasteiger partial charge in [-0.05, 0) is 12.1 Å². The quantitative estimate of drug-likeness (QED) is 0.636. The van der Waals surface area contributed by atoms with Crippen molar-refractivity contribution in [2.45, 2.75) is 19.5 Å². The smallest absolute Gasteiger partial charge is 0.320 e. The number of para-hydroxylation sites is 1. The predicted octanol–water partition coefficient (Wildman–Crippen LogP) is 2.43. The maximum Gasteiger partial charge on any atom is 0.320 e. The molecule has 0 bridgehead atoms. The van der Waals surface area contributed by atoms with Crippen molar-refractivity contribution < 1.29 is 18.6 Å². The Morgan fingerprint density at radius 1 is 1.33 bits per heavy atom. The van der Waals surface area contributed by atoms with Crippen molar-refractivity contribution in [3.63, 3.8) is 0 Å². The second-order valence-corrected chi connectivity index (χ2v) is 6.73. The summed E-state index contributed by atoms with van der Waals surface area (Å²) in [7, 11) is -1.85. The molecule has 0 fully saturated rings. The molecule has 0 heterocycles. The molecule has 100 valence electrons. The SMILES string of the molecule is COC(=O)CNP(=O)(Oc1ccccc1)C(C)C. The highest BCUT2D eigenvalue weighted by molar-refractivity contribution is 7.58. The Bertz CT molecular complexity index is 433. The fraction of sp³-hybridized carbons (Fsp3) is 0.417. The molecule has 0 saturated carbocycles. The molecule has 0 amide bonds. The molecule has 1 atom stereocenters. The van der Waals surface area contributed by atoms with E-state index in [2.05, 4.69) is 9.82 Å². The van der Waals surface area contributed by atoms with E-state index in [1.54, 1.807) is 38.1 Å². The first-order chi connectivity index (χ1) is 8.48. The number of esters is 1. The van der Waals surface area contributed by atoms with E-state index in [1.807, 2.05) is 6.07 Å². The highest BCUT2D eigenvalue weighted by atomic mass is 31.2. The number of methoxy groups -OCH3 is 1. The zero-order valence-corrected chi connectivity index (χ0v) is 11.6. The molecule has 1 aromatic carbocycles. The molecule has 0 spiro atoms. The summed E-state index contributed by atoms with van der Waals surface area (Å²) in [4.78, 5) is 11.1. The van der Waals surface area contributed by atoms with Crippen LogP contribution in [0, 0.1) is 0 Å². The van der Waals surface area contributed by atoms with E-state index in [4.69, 9.17) is 4.52 Å². The van der Waals surface area contributed by atoms with Crippen LogP contribution < -0.4 is 9.61 Å². The molecule has 1 rings (SSSR count). The molecule has 0 aliphatic carbocycles. The van der Waals surface area contributed by atoms with Gasteiger partial charge < -0.3 is 9.26 Å². The average Bonchev–Trinajstić information content (AvgIpc) is 2.37. The van der Waals surface area contributed by atoms with Crippen LogP contribution in [0.4, 0.5) is 0 Å². The zero-order valence-electron chi connectivity index (χ0n) is 10.8. The van der Waals surface area contributed by atoms with E-state index < -0.39 is 13.5 Å². The van der Waals surface area contributed by atoms with Crippen molar-refractivity contribution in [2.24, 2.45) is 0 Å². The maximum absolute atomic E-state index is 12.6. The van der Waals surface area contributed by atoms with Gasteiger partial charge >= 0.3 is 13.5 Å². The molecule has 0 aliphatic heterocycles. The lowest BCUT2D eigenvalue weighted by atomic mass is 10.3. The van der Waals surface area contributed by atoms with Gasteiger partial charge in [0.1, 0.15) is 12.3 Å². The first-order valence-corrected chi connectivity index (χ1v) is 7.33. The summed E-state index contributed by atoms with van der Waals surface area (Å²) < 4.78 is 22.6. The number of hydrogen-bond donors (Lipinski definition) is 1. The molecule has 1 aromatic rings.